The standard InChI is InChI=1S/C14H13FN2O2/c15-12-4-1-5-13(11(12)7-14(18)19)17-9-10-3-2-6-16-8-10/h1-6,8,17H,7,9H2,(H,18,19). The summed E-state index contributed by atoms with van der Waals surface area (Å²) in [4.78, 5) is 14.7. The first-order valence-corrected chi connectivity index (χ1v) is 5.79. The lowest BCUT2D eigenvalue weighted by Crippen LogP contribution is -2.08. The minimum Gasteiger partial charge on any atom is -0.481 e. The van der Waals surface area contributed by atoms with E-state index in [1.807, 2.05) is 6.07 Å². The molecule has 0 aliphatic carbocycles. The molecule has 0 saturated carbocycles. The first-order chi connectivity index (χ1) is 9.16. The second-order valence-corrected chi connectivity index (χ2v) is 4.05. The van der Waals surface area contributed by atoms with Crippen molar-refractivity contribution >= 4 is 11.7 Å². The summed E-state index contributed by atoms with van der Waals surface area (Å²) >= 11 is 0. The van der Waals surface area contributed by atoms with Gasteiger partial charge in [-0.15, -0.1) is 0 Å². The number of hydrogen-bond acceptors (Lipinski definition) is 3. The van der Waals surface area contributed by atoms with Crippen molar-refractivity contribution in [2.24, 2.45) is 0 Å². The molecule has 2 rings (SSSR count). The van der Waals surface area contributed by atoms with E-state index in [4.69, 9.17) is 5.11 Å². The third kappa shape index (κ3) is 3.51. The molecule has 0 spiro atoms. The van der Waals surface area contributed by atoms with Gasteiger partial charge < -0.3 is 10.4 Å². The monoisotopic (exact) mass is 260 g/mol. The van der Waals surface area contributed by atoms with Gasteiger partial charge in [-0.25, -0.2) is 4.39 Å². The van der Waals surface area contributed by atoms with Gasteiger partial charge in [0.2, 0.25) is 0 Å². The van der Waals surface area contributed by atoms with E-state index in [0.717, 1.165) is 5.56 Å². The fourth-order valence-electron chi connectivity index (χ4n) is 1.76. The Labute approximate surface area is 109 Å². The number of aromatic nitrogens is 1. The van der Waals surface area contributed by atoms with Crippen LogP contribution in [0, 0.1) is 5.82 Å². The molecule has 0 fully saturated rings. The van der Waals surface area contributed by atoms with E-state index in [1.54, 1.807) is 30.6 Å². The van der Waals surface area contributed by atoms with Crippen molar-refractivity contribution in [1.82, 2.24) is 4.98 Å². The Hall–Kier alpha value is -2.43. The molecule has 1 aromatic heterocycles. The van der Waals surface area contributed by atoms with Gasteiger partial charge in [0.1, 0.15) is 5.82 Å². The molecule has 1 aromatic carbocycles. The summed E-state index contributed by atoms with van der Waals surface area (Å²) in [5, 5.41) is 11.8. The molecule has 0 amide bonds. The fraction of sp³-hybridized carbons (Fsp3) is 0.143. The van der Waals surface area contributed by atoms with Gasteiger partial charge in [0.25, 0.3) is 0 Å². The van der Waals surface area contributed by atoms with Crippen LogP contribution in [0.5, 0.6) is 0 Å². The van der Waals surface area contributed by atoms with E-state index in [9.17, 15) is 9.18 Å². The molecule has 0 radical (unpaired) electrons. The minimum absolute atomic E-state index is 0.166. The van der Waals surface area contributed by atoms with E-state index in [1.165, 1.54) is 6.07 Å². The normalized spacial score (nSPS) is 10.2. The number of pyridine rings is 1. The molecule has 2 aromatic rings. The highest BCUT2D eigenvalue weighted by Crippen LogP contribution is 2.20. The molecule has 5 heteroatoms. The van der Waals surface area contributed by atoms with Crippen molar-refractivity contribution in [3.63, 3.8) is 0 Å². The third-order valence-corrected chi connectivity index (χ3v) is 2.65. The molecule has 1 heterocycles. The molecule has 2 N–H and O–H groups in total. The number of rotatable bonds is 5. The van der Waals surface area contributed by atoms with Crippen LogP contribution in [0.1, 0.15) is 11.1 Å². The van der Waals surface area contributed by atoms with Crippen molar-refractivity contribution in [3.05, 3.63) is 59.7 Å². The maximum absolute atomic E-state index is 13.6. The highest BCUT2D eigenvalue weighted by Gasteiger charge is 2.11. The second kappa shape index (κ2) is 5.95. The van der Waals surface area contributed by atoms with Gasteiger partial charge >= 0.3 is 5.97 Å². The van der Waals surface area contributed by atoms with Crippen LogP contribution in [0.2, 0.25) is 0 Å². The Balaban J connectivity index is 2.15. The first kappa shape index (κ1) is 13.0. The van der Waals surface area contributed by atoms with Crippen molar-refractivity contribution < 1.29 is 14.3 Å². The number of nitrogens with zero attached hydrogens (tertiary/aromatic N) is 1. The quantitative estimate of drug-likeness (QED) is 0.866. The summed E-state index contributed by atoms with van der Waals surface area (Å²) in [5.41, 5.74) is 1.60. The zero-order valence-electron chi connectivity index (χ0n) is 10.1. The maximum atomic E-state index is 13.6. The summed E-state index contributed by atoms with van der Waals surface area (Å²) < 4.78 is 13.6. The highest BCUT2D eigenvalue weighted by molar-refractivity contribution is 5.73. The average molecular weight is 260 g/mol. The molecule has 0 aliphatic rings. The molecule has 0 atom stereocenters. The molecular formula is C14H13FN2O2. The number of nitrogens with one attached hydrogen (secondary N) is 1. The number of carboxylic acid groups (broad SMARTS) is 1. The lowest BCUT2D eigenvalue weighted by atomic mass is 10.1. The van der Waals surface area contributed by atoms with Crippen molar-refractivity contribution in [2.45, 2.75) is 13.0 Å². The van der Waals surface area contributed by atoms with Crippen LogP contribution < -0.4 is 5.32 Å². The smallest absolute Gasteiger partial charge is 0.308 e. The van der Waals surface area contributed by atoms with Crippen molar-refractivity contribution in [3.8, 4) is 0 Å². The molecule has 19 heavy (non-hydrogen) atoms. The molecule has 4 nitrogen and oxygen atoms in total. The zero-order valence-corrected chi connectivity index (χ0v) is 10.1. The summed E-state index contributed by atoms with van der Waals surface area (Å²) in [6.07, 6.45) is 3.02. The summed E-state index contributed by atoms with van der Waals surface area (Å²) in [6.45, 7) is 0.462. The van der Waals surface area contributed by atoms with Gasteiger partial charge in [-0.3, -0.25) is 9.78 Å². The Kier molecular flexibility index (Phi) is 4.07. The van der Waals surface area contributed by atoms with E-state index >= 15 is 0 Å². The number of aliphatic carboxylic acids is 1. The van der Waals surface area contributed by atoms with Gasteiger partial charge in [-0.2, -0.15) is 0 Å². The summed E-state index contributed by atoms with van der Waals surface area (Å²) in [6, 6.07) is 8.16. The van der Waals surface area contributed by atoms with Gasteiger partial charge in [0.15, 0.2) is 0 Å². The Bertz CT molecular complexity index is 573. The molecule has 0 bridgehead atoms. The van der Waals surface area contributed by atoms with E-state index < -0.39 is 11.8 Å². The Morgan fingerprint density at radius 3 is 2.84 bits per heavy atom. The van der Waals surface area contributed by atoms with Gasteiger partial charge in [0.05, 0.1) is 6.42 Å². The zero-order chi connectivity index (χ0) is 13.7. The van der Waals surface area contributed by atoms with Gasteiger partial charge in [-0.05, 0) is 23.8 Å². The topological polar surface area (TPSA) is 62.2 Å². The molecule has 0 saturated heterocycles. The van der Waals surface area contributed by atoms with Crippen molar-refractivity contribution in [2.75, 3.05) is 5.32 Å². The minimum atomic E-state index is -1.06. The SMILES string of the molecule is O=C(O)Cc1c(F)cccc1NCc1cccnc1. The van der Waals surface area contributed by atoms with Crippen LogP contribution in [0.15, 0.2) is 42.7 Å². The average Bonchev–Trinajstić information content (AvgIpc) is 2.40. The third-order valence-electron chi connectivity index (χ3n) is 2.65. The van der Waals surface area contributed by atoms with Crippen LogP contribution in [0.3, 0.4) is 0 Å². The summed E-state index contributed by atoms with van der Waals surface area (Å²) in [5.74, 6) is -1.58. The number of carbonyl (C=O) groups is 1. The molecule has 0 unspecified atom stereocenters. The number of hydrogen-bond donors (Lipinski definition) is 2. The summed E-state index contributed by atoms with van der Waals surface area (Å²) in [7, 11) is 0. The molecule has 0 aliphatic heterocycles. The molecular weight excluding hydrogens is 247 g/mol. The lowest BCUT2D eigenvalue weighted by molar-refractivity contribution is -0.136. The van der Waals surface area contributed by atoms with Crippen LogP contribution >= 0.6 is 0 Å². The van der Waals surface area contributed by atoms with Crippen LogP contribution in [0.4, 0.5) is 10.1 Å². The van der Waals surface area contributed by atoms with Crippen molar-refractivity contribution in [1.29, 1.82) is 0 Å². The predicted molar refractivity (Wildman–Crippen MR) is 69.3 cm³/mol. The number of halogens is 1. The number of carboxylic acids is 1. The Morgan fingerprint density at radius 2 is 2.16 bits per heavy atom. The first-order valence-electron chi connectivity index (χ1n) is 5.79. The van der Waals surface area contributed by atoms with Crippen LogP contribution in [-0.2, 0) is 17.8 Å². The fourth-order valence-corrected chi connectivity index (χ4v) is 1.76. The van der Waals surface area contributed by atoms with E-state index in [2.05, 4.69) is 10.3 Å². The van der Waals surface area contributed by atoms with E-state index in [0.29, 0.717) is 12.2 Å². The van der Waals surface area contributed by atoms with Gasteiger partial charge in [-0.1, -0.05) is 12.1 Å². The number of benzene rings is 1. The second-order valence-electron chi connectivity index (χ2n) is 4.05. The number of anilines is 1. The van der Waals surface area contributed by atoms with Gasteiger partial charge in [0, 0.05) is 30.2 Å². The highest BCUT2D eigenvalue weighted by atomic mass is 19.1. The molecule has 98 valence electrons. The Morgan fingerprint density at radius 1 is 1.32 bits per heavy atom. The largest absolute Gasteiger partial charge is 0.481 e. The van der Waals surface area contributed by atoms with E-state index in [-0.39, 0.29) is 12.0 Å². The van der Waals surface area contributed by atoms with Crippen LogP contribution in [0.25, 0.3) is 0 Å². The maximum Gasteiger partial charge on any atom is 0.308 e. The predicted octanol–water partition coefficient (Wildman–Crippen LogP) is 2.46. The lowest BCUT2D eigenvalue weighted by Gasteiger charge is -2.11. The van der Waals surface area contributed by atoms with Crippen LogP contribution in [-0.4, -0.2) is 16.1 Å².